The number of halogens is 2. The minimum Gasteiger partial charge on any atom is -0.464 e. The standard InChI is InChI=1S/C16H21NO5.C14H19NO4.C13H17NO3.C11H13NO3.C8H9NO.2ClH/c1-11(18)21-10-13(17-15(20)22-16(2,3)4)14(19)12-8-6-5-7-9-12;1-14(2,3)19-13(18)15-11(9-16)12(17)10-7-5-4-6-8-10;1-13(2,3)17-12(16)14-9-11(15)10-7-5-4-6-8-10;1-8(13)15-7-10(12)11(14)9-5-3-2-4-6-9;9-6-8(10)7-4-2-1-3-5-7;;/h5-9,13H,10H2,1-4H3,(H,17,20);4-8,11,16H,9H2,1-3H3,(H,15,18);4-8H,9H2,1-3H3,(H,14,16);2-6,10H,7,12H2,1H3;1-5H,6,9H2;2*1H. The van der Waals surface area contributed by atoms with Gasteiger partial charge in [0.05, 0.1) is 19.7 Å². The maximum absolute atomic E-state index is 12.4. The highest BCUT2D eigenvalue weighted by Crippen LogP contribution is 2.12. The van der Waals surface area contributed by atoms with E-state index < -0.39 is 71.8 Å². The second-order valence-corrected chi connectivity index (χ2v) is 20.6. The van der Waals surface area contributed by atoms with Crippen LogP contribution >= 0.6 is 24.8 Å². The Morgan fingerprint density at radius 2 is 0.729 bits per heavy atom. The average Bonchev–Trinajstić information content (AvgIpc) is 3.57. The number of esters is 2. The van der Waals surface area contributed by atoms with Crippen LogP contribution in [-0.4, -0.2) is 132 Å². The molecule has 85 heavy (non-hydrogen) atoms. The Labute approximate surface area is 509 Å². The number of alkyl carbamates (subject to hydrolysis) is 3. The molecule has 0 aliphatic carbocycles. The van der Waals surface area contributed by atoms with Crippen molar-refractivity contribution >= 4 is 83.9 Å². The molecule has 8 N–H and O–H groups in total. The van der Waals surface area contributed by atoms with Gasteiger partial charge in [-0.05, 0) is 62.3 Å². The fourth-order valence-corrected chi connectivity index (χ4v) is 6.12. The van der Waals surface area contributed by atoms with Gasteiger partial charge in [-0.15, -0.1) is 24.8 Å². The molecular formula is C62H81Cl2N5O16. The van der Waals surface area contributed by atoms with E-state index >= 15 is 0 Å². The molecular weight excluding hydrogens is 1140 g/mol. The molecule has 3 atom stereocenters. The van der Waals surface area contributed by atoms with Crippen molar-refractivity contribution in [2.24, 2.45) is 11.5 Å². The Bertz CT molecular complexity index is 2830. The molecule has 0 spiro atoms. The third kappa shape index (κ3) is 36.8. The minimum absolute atomic E-state index is 0. The Morgan fingerprint density at radius 3 is 1.06 bits per heavy atom. The molecule has 0 aliphatic rings. The molecule has 0 heterocycles. The number of carbonyl (C=O) groups is 10. The van der Waals surface area contributed by atoms with Gasteiger partial charge < -0.3 is 56.2 Å². The van der Waals surface area contributed by atoms with Gasteiger partial charge in [-0.3, -0.25) is 33.6 Å². The molecule has 0 saturated carbocycles. The lowest BCUT2D eigenvalue weighted by Crippen LogP contribution is -2.46. The number of hydrogen-bond acceptors (Lipinski definition) is 18. The lowest BCUT2D eigenvalue weighted by atomic mass is 10.1. The summed E-state index contributed by atoms with van der Waals surface area (Å²) in [4.78, 5) is 115. The van der Waals surface area contributed by atoms with Crippen molar-refractivity contribution in [2.45, 2.75) is 111 Å². The van der Waals surface area contributed by atoms with Crippen molar-refractivity contribution in [1.82, 2.24) is 16.0 Å². The number of aliphatic hydroxyl groups is 1. The van der Waals surface area contributed by atoms with Crippen LogP contribution in [0.25, 0.3) is 0 Å². The van der Waals surface area contributed by atoms with Gasteiger partial charge in [-0.1, -0.05) is 152 Å². The number of rotatable bonds is 18. The number of nitrogens with one attached hydrogen (secondary N) is 3. The van der Waals surface area contributed by atoms with Gasteiger partial charge in [0.25, 0.3) is 0 Å². The van der Waals surface area contributed by atoms with E-state index in [-0.39, 0.29) is 80.0 Å². The van der Waals surface area contributed by atoms with E-state index in [0.29, 0.717) is 27.8 Å². The molecule has 0 fully saturated rings. The fraction of sp³-hybridized carbons (Fsp3) is 0.355. The molecule has 464 valence electrons. The molecule has 0 aliphatic heterocycles. The molecule has 5 rings (SSSR count). The van der Waals surface area contributed by atoms with E-state index in [2.05, 4.69) is 20.7 Å². The molecule has 5 aromatic rings. The molecule has 3 amide bonds. The quantitative estimate of drug-likeness (QED) is 0.0271. The highest BCUT2D eigenvalue weighted by Gasteiger charge is 2.27. The number of Topliss-reactive ketones (excluding diaryl/α,β-unsaturated/α-hetero) is 5. The molecule has 5 aromatic carbocycles. The van der Waals surface area contributed by atoms with Gasteiger partial charge in [0.2, 0.25) is 0 Å². The van der Waals surface area contributed by atoms with Crippen LogP contribution in [0.5, 0.6) is 0 Å². The van der Waals surface area contributed by atoms with Gasteiger partial charge in [0.15, 0.2) is 28.9 Å². The van der Waals surface area contributed by atoms with Crippen LogP contribution in [0.15, 0.2) is 152 Å². The molecule has 0 saturated heterocycles. The van der Waals surface area contributed by atoms with Gasteiger partial charge in [0, 0.05) is 41.7 Å². The molecule has 21 nitrogen and oxygen atoms in total. The normalized spacial score (nSPS) is 11.3. The number of amides is 3. The highest BCUT2D eigenvalue weighted by atomic mass is 35.5. The minimum atomic E-state index is -1.00. The lowest BCUT2D eigenvalue weighted by Gasteiger charge is -2.23. The predicted octanol–water partition coefficient (Wildman–Crippen LogP) is 8.91. The first-order chi connectivity index (χ1) is 38.9. The van der Waals surface area contributed by atoms with Gasteiger partial charge in [-0.25, -0.2) is 14.4 Å². The zero-order chi connectivity index (χ0) is 62.8. The molecule has 0 aromatic heterocycles. The summed E-state index contributed by atoms with van der Waals surface area (Å²) in [6.07, 6.45) is -2.05. The summed E-state index contributed by atoms with van der Waals surface area (Å²) in [6.45, 7) is 17.4. The van der Waals surface area contributed by atoms with Gasteiger partial charge in [-0.2, -0.15) is 0 Å². The van der Waals surface area contributed by atoms with Crippen molar-refractivity contribution in [3.8, 4) is 0 Å². The monoisotopic (exact) mass is 1220 g/mol. The molecule has 3 unspecified atom stereocenters. The van der Waals surface area contributed by atoms with Crippen molar-refractivity contribution in [2.75, 3.05) is 32.9 Å². The van der Waals surface area contributed by atoms with Crippen LogP contribution in [0.4, 0.5) is 14.4 Å². The second-order valence-electron chi connectivity index (χ2n) is 20.6. The summed E-state index contributed by atoms with van der Waals surface area (Å²) in [7, 11) is 0. The summed E-state index contributed by atoms with van der Waals surface area (Å²) >= 11 is 0. The van der Waals surface area contributed by atoms with E-state index in [1.165, 1.54) is 13.8 Å². The van der Waals surface area contributed by atoms with Gasteiger partial charge >= 0.3 is 30.2 Å². The lowest BCUT2D eigenvalue weighted by molar-refractivity contribution is -0.142. The largest absolute Gasteiger partial charge is 0.464 e. The summed E-state index contributed by atoms with van der Waals surface area (Å²) in [5.74, 6) is -2.06. The number of benzene rings is 5. The fourth-order valence-electron chi connectivity index (χ4n) is 6.12. The average molecular weight is 1220 g/mol. The second kappa shape index (κ2) is 40.8. The van der Waals surface area contributed by atoms with E-state index in [1.807, 2.05) is 30.3 Å². The molecule has 23 heteroatoms. The number of ketones is 5. The number of nitrogens with two attached hydrogens (primary N) is 2. The summed E-state index contributed by atoms with van der Waals surface area (Å²) in [6, 6.07) is 40.6. The molecule has 0 radical (unpaired) electrons. The highest BCUT2D eigenvalue weighted by molar-refractivity contribution is 6.03. The Morgan fingerprint density at radius 1 is 0.435 bits per heavy atom. The summed E-state index contributed by atoms with van der Waals surface area (Å²) in [5.41, 5.74) is 11.5. The van der Waals surface area contributed by atoms with Crippen LogP contribution in [0.2, 0.25) is 0 Å². The third-order valence-corrected chi connectivity index (χ3v) is 9.80. The van der Waals surface area contributed by atoms with E-state index in [9.17, 15) is 53.1 Å². The number of aliphatic hydroxyl groups excluding tert-OH is 1. The van der Waals surface area contributed by atoms with Crippen molar-refractivity contribution in [1.29, 1.82) is 0 Å². The first-order valence-corrected chi connectivity index (χ1v) is 26.1. The Balaban J connectivity index is 0. The Kier molecular flexibility index (Phi) is 37.8. The number of ether oxygens (including phenoxy) is 5. The summed E-state index contributed by atoms with van der Waals surface area (Å²) < 4.78 is 24.7. The maximum atomic E-state index is 12.4. The van der Waals surface area contributed by atoms with Crippen LogP contribution in [0, 0.1) is 0 Å². The zero-order valence-electron chi connectivity index (χ0n) is 49.7. The smallest absolute Gasteiger partial charge is 0.408 e. The van der Waals surface area contributed by atoms with E-state index in [0.717, 1.165) is 0 Å². The maximum Gasteiger partial charge on any atom is 0.408 e. The summed E-state index contributed by atoms with van der Waals surface area (Å²) in [5, 5.41) is 16.4. The molecule has 0 bridgehead atoms. The van der Waals surface area contributed by atoms with Gasteiger partial charge in [0.1, 0.15) is 48.1 Å². The van der Waals surface area contributed by atoms with Crippen LogP contribution in [0.1, 0.15) is 128 Å². The van der Waals surface area contributed by atoms with E-state index in [1.54, 1.807) is 184 Å². The Hall–Kier alpha value is -8.34. The van der Waals surface area contributed by atoms with Crippen molar-refractivity contribution in [3.63, 3.8) is 0 Å². The van der Waals surface area contributed by atoms with E-state index in [4.69, 9.17) is 30.4 Å². The van der Waals surface area contributed by atoms with Crippen molar-refractivity contribution < 1.29 is 76.7 Å². The van der Waals surface area contributed by atoms with Crippen LogP contribution in [-0.2, 0) is 33.3 Å². The first kappa shape index (κ1) is 78.7. The van der Waals surface area contributed by atoms with Crippen LogP contribution in [0.3, 0.4) is 0 Å². The van der Waals surface area contributed by atoms with Crippen molar-refractivity contribution in [3.05, 3.63) is 179 Å². The number of hydrogen-bond donors (Lipinski definition) is 6. The van der Waals surface area contributed by atoms with Crippen LogP contribution < -0.4 is 27.4 Å². The first-order valence-electron chi connectivity index (χ1n) is 26.1. The topological polar surface area (TPSA) is 325 Å². The third-order valence-electron chi connectivity index (χ3n) is 9.80. The zero-order valence-corrected chi connectivity index (χ0v) is 51.4. The predicted molar refractivity (Wildman–Crippen MR) is 326 cm³/mol. The number of carbonyl (C=O) groups excluding carboxylic acids is 10. The SMILES string of the molecule is CC(=O)OCC(N)C(=O)c1ccccc1.CC(=O)OCC(NC(=O)OC(C)(C)C)C(=O)c1ccccc1.CC(C)(C)OC(=O)NC(CO)C(=O)c1ccccc1.CC(C)(C)OC(=O)NCC(=O)c1ccccc1.Cl.Cl.NCC(=O)c1ccccc1.